The number of nitriles is 1. The van der Waals surface area contributed by atoms with Crippen LogP contribution in [-0.4, -0.2) is 14.9 Å². The number of aromatic nitrogens is 2. The van der Waals surface area contributed by atoms with E-state index in [9.17, 15) is 9.90 Å². The number of nitrogens with two attached hydrogens (primary N) is 1. The van der Waals surface area contributed by atoms with Gasteiger partial charge < -0.3 is 15.5 Å². The van der Waals surface area contributed by atoms with Crippen LogP contribution < -0.4 is 11.4 Å². The van der Waals surface area contributed by atoms with Crippen LogP contribution in [0.5, 0.6) is 5.88 Å². The third-order valence-electron chi connectivity index (χ3n) is 2.58. The monoisotopic (exact) mass is 274 g/mol. The Balaban J connectivity index is 2.58. The lowest BCUT2D eigenvalue weighted by Crippen LogP contribution is -2.28. The number of hydrogen-bond donors (Lipinski definition) is 2. The van der Waals surface area contributed by atoms with Gasteiger partial charge in [0.05, 0.1) is 0 Å². The van der Waals surface area contributed by atoms with Crippen LogP contribution in [0.15, 0.2) is 25.6 Å². The Bertz CT molecular complexity index is 796. The minimum Gasteiger partial charge on any atom is -0.492 e. The molecule has 102 valence electrons. The summed E-state index contributed by atoms with van der Waals surface area (Å²) in [5.74, 6) is 5.46. The third kappa shape index (κ3) is 2.10. The van der Waals surface area contributed by atoms with Crippen molar-refractivity contribution in [2.75, 3.05) is 5.84 Å². The highest BCUT2D eigenvalue weighted by Crippen LogP contribution is 2.25. The predicted molar refractivity (Wildman–Crippen MR) is 67.4 cm³/mol. The second-order valence-electron chi connectivity index (χ2n) is 3.95. The Hall–Kier alpha value is -3.15. The van der Waals surface area contributed by atoms with Crippen molar-refractivity contribution in [3.05, 3.63) is 33.3 Å². The number of nitrogen functional groups attached to an aromatic ring is 1. The Morgan fingerprint density at radius 2 is 2.20 bits per heavy atom. The van der Waals surface area contributed by atoms with E-state index in [0.717, 1.165) is 0 Å². The van der Waals surface area contributed by atoms with Crippen LogP contribution in [-0.2, 0) is 0 Å². The van der Waals surface area contributed by atoms with Crippen LogP contribution in [0, 0.1) is 25.2 Å². The molecule has 0 saturated heterocycles. The molecule has 3 N–H and O–H groups in total. The molecule has 9 nitrogen and oxygen atoms in total. The molecule has 2 aromatic rings. The lowest BCUT2D eigenvalue weighted by molar-refractivity contribution is 0.399. The van der Waals surface area contributed by atoms with Crippen LogP contribution in [0.1, 0.15) is 16.9 Å². The summed E-state index contributed by atoms with van der Waals surface area (Å²) in [6.07, 6.45) is 0. The average molecular weight is 274 g/mol. The average Bonchev–Trinajstić information content (AvgIpc) is 2.83. The number of rotatable bonds is 2. The van der Waals surface area contributed by atoms with Gasteiger partial charge in [0, 0.05) is 11.6 Å². The zero-order valence-corrected chi connectivity index (χ0v) is 10.7. The summed E-state index contributed by atoms with van der Waals surface area (Å²) in [7, 11) is 0. The first-order chi connectivity index (χ1) is 9.45. The second kappa shape index (κ2) is 4.85. The molecule has 0 atom stereocenters. The molecule has 0 unspecified atom stereocenters. The molecule has 2 heterocycles. The van der Waals surface area contributed by atoms with Crippen LogP contribution in [0.25, 0.3) is 0 Å². The summed E-state index contributed by atoms with van der Waals surface area (Å²) in [5, 5.41) is 29.6. The summed E-state index contributed by atoms with van der Waals surface area (Å²) in [4.78, 5) is 11.9. The highest BCUT2D eigenvalue weighted by Gasteiger charge is 2.17. The minimum absolute atomic E-state index is 0.141. The predicted octanol–water partition coefficient (Wildman–Crippen LogP) is 1.16. The Kier molecular flexibility index (Phi) is 3.22. The van der Waals surface area contributed by atoms with Gasteiger partial charge in [-0.05, 0) is 13.8 Å². The molecule has 0 saturated carbocycles. The number of pyridine rings is 1. The van der Waals surface area contributed by atoms with Gasteiger partial charge in [-0.25, -0.2) is 0 Å². The number of aryl methyl sites for hydroxylation is 1. The van der Waals surface area contributed by atoms with Gasteiger partial charge in [-0.15, -0.1) is 10.2 Å². The molecule has 0 aromatic carbocycles. The van der Waals surface area contributed by atoms with Crippen molar-refractivity contribution in [3.8, 4) is 11.9 Å². The van der Waals surface area contributed by atoms with Gasteiger partial charge >= 0.3 is 0 Å². The Morgan fingerprint density at radius 3 is 2.75 bits per heavy atom. The molecule has 20 heavy (non-hydrogen) atoms. The maximum Gasteiger partial charge on any atom is 0.299 e. The SMILES string of the molecule is Cc1cc(N=Nc2c(C)c(C#N)c(O)n(N)c2=O)no1. The second-order valence-corrected chi connectivity index (χ2v) is 3.95. The van der Waals surface area contributed by atoms with E-state index in [-0.39, 0.29) is 22.6 Å². The van der Waals surface area contributed by atoms with Gasteiger partial charge in [-0.3, -0.25) is 4.79 Å². The number of azo groups is 1. The fourth-order valence-corrected chi connectivity index (χ4v) is 1.53. The maximum absolute atomic E-state index is 11.9. The lowest BCUT2D eigenvalue weighted by Gasteiger charge is -2.07. The van der Waals surface area contributed by atoms with Crippen molar-refractivity contribution in [3.63, 3.8) is 0 Å². The molecular formula is C11H10N6O3. The van der Waals surface area contributed by atoms with Crippen molar-refractivity contribution in [2.24, 2.45) is 10.2 Å². The van der Waals surface area contributed by atoms with Crippen LogP contribution in [0.3, 0.4) is 0 Å². The molecule has 0 aliphatic heterocycles. The third-order valence-corrected chi connectivity index (χ3v) is 2.58. The van der Waals surface area contributed by atoms with E-state index < -0.39 is 11.4 Å². The zero-order chi connectivity index (χ0) is 14.9. The first-order valence-corrected chi connectivity index (χ1v) is 5.44. The summed E-state index contributed by atoms with van der Waals surface area (Å²) in [6.45, 7) is 3.14. The van der Waals surface area contributed by atoms with E-state index in [2.05, 4.69) is 15.4 Å². The van der Waals surface area contributed by atoms with Gasteiger partial charge in [-0.2, -0.15) is 9.94 Å². The van der Waals surface area contributed by atoms with Crippen LogP contribution >= 0.6 is 0 Å². The van der Waals surface area contributed by atoms with Gasteiger partial charge in [0.1, 0.15) is 17.4 Å². The van der Waals surface area contributed by atoms with Gasteiger partial charge in [-0.1, -0.05) is 5.16 Å². The Morgan fingerprint density at radius 1 is 1.50 bits per heavy atom. The summed E-state index contributed by atoms with van der Waals surface area (Å²) >= 11 is 0. The van der Waals surface area contributed by atoms with Crippen molar-refractivity contribution in [1.82, 2.24) is 9.83 Å². The summed E-state index contributed by atoms with van der Waals surface area (Å²) in [6, 6.07) is 3.27. The number of hydrogen-bond acceptors (Lipinski definition) is 8. The number of aromatic hydroxyl groups is 1. The van der Waals surface area contributed by atoms with Crippen molar-refractivity contribution < 1.29 is 9.63 Å². The topological polar surface area (TPSA) is 143 Å². The molecule has 0 amide bonds. The van der Waals surface area contributed by atoms with E-state index in [1.807, 2.05) is 0 Å². The minimum atomic E-state index is -0.775. The van der Waals surface area contributed by atoms with Crippen molar-refractivity contribution in [2.45, 2.75) is 13.8 Å². The largest absolute Gasteiger partial charge is 0.492 e. The van der Waals surface area contributed by atoms with E-state index in [0.29, 0.717) is 10.4 Å². The smallest absolute Gasteiger partial charge is 0.299 e. The summed E-state index contributed by atoms with van der Waals surface area (Å²) < 4.78 is 5.24. The van der Waals surface area contributed by atoms with Crippen molar-refractivity contribution in [1.29, 1.82) is 5.26 Å². The molecule has 0 fully saturated rings. The lowest BCUT2D eigenvalue weighted by atomic mass is 10.1. The zero-order valence-electron chi connectivity index (χ0n) is 10.7. The molecule has 0 bridgehead atoms. The molecule has 0 spiro atoms. The molecule has 2 rings (SSSR count). The normalized spacial score (nSPS) is 10.8. The van der Waals surface area contributed by atoms with E-state index in [1.54, 1.807) is 13.0 Å². The quantitative estimate of drug-likeness (QED) is 0.621. The fourth-order valence-electron chi connectivity index (χ4n) is 1.53. The first-order valence-electron chi connectivity index (χ1n) is 5.44. The molecule has 9 heteroatoms. The molecular weight excluding hydrogens is 264 g/mol. The molecule has 0 aliphatic carbocycles. The standard InChI is InChI=1S/C11H10N6O3/c1-5-3-8(16-20-5)14-15-9-6(2)7(4-12)10(18)17(13)11(9)19/h3,18H,13H2,1-2H3. The van der Waals surface area contributed by atoms with Gasteiger partial charge in [0.15, 0.2) is 5.69 Å². The highest BCUT2D eigenvalue weighted by molar-refractivity contribution is 5.56. The van der Waals surface area contributed by atoms with Crippen molar-refractivity contribution >= 4 is 11.5 Å². The van der Waals surface area contributed by atoms with Gasteiger partial charge in [0.25, 0.3) is 5.56 Å². The highest BCUT2D eigenvalue weighted by atomic mass is 16.5. The molecule has 0 aliphatic rings. The summed E-state index contributed by atoms with van der Waals surface area (Å²) in [5.41, 5.74) is -0.886. The van der Waals surface area contributed by atoms with E-state index in [4.69, 9.17) is 15.6 Å². The van der Waals surface area contributed by atoms with E-state index >= 15 is 0 Å². The first kappa shape index (κ1) is 13.3. The Labute approximate surface area is 112 Å². The fraction of sp³-hybridized carbons (Fsp3) is 0.182. The number of nitrogens with zero attached hydrogens (tertiary/aromatic N) is 5. The van der Waals surface area contributed by atoms with Crippen LogP contribution in [0.2, 0.25) is 0 Å². The van der Waals surface area contributed by atoms with E-state index in [1.165, 1.54) is 13.0 Å². The maximum atomic E-state index is 11.9. The molecule has 2 aromatic heterocycles. The molecule has 0 radical (unpaired) electrons. The van der Waals surface area contributed by atoms with Crippen LogP contribution in [0.4, 0.5) is 11.5 Å². The van der Waals surface area contributed by atoms with Gasteiger partial charge in [0.2, 0.25) is 11.7 Å².